The Morgan fingerprint density at radius 2 is 1.61 bits per heavy atom. The number of nitrogens with zero attached hydrogens (tertiary/aromatic N) is 6. The van der Waals surface area contributed by atoms with Crippen LogP contribution >= 0.6 is 0 Å². The molecule has 0 atom stereocenters. The molecule has 1 saturated carbocycles. The molecule has 2 heterocycles. The molecule has 2 aromatic heterocycles. The summed E-state index contributed by atoms with van der Waals surface area (Å²) in [5.74, 6) is 1.86. The first-order chi connectivity index (χ1) is 16.8. The van der Waals surface area contributed by atoms with Crippen molar-refractivity contribution in [3.63, 3.8) is 0 Å². The highest BCUT2D eigenvalue weighted by Gasteiger charge is 2.37. The second-order valence-corrected chi connectivity index (χ2v) is 9.23. The van der Waals surface area contributed by atoms with Gasteiger partial charge in [-0.2, -0.15) is 31.6 Å². The summed E-state index contributed by atoms with van der Waals surface area (Å²) in [6.45, 7) is 2.07. The number of imidazole rings is 1. The first kappa shape index (κ1) is 25.6. The molecule has 0 bridgehead atoms. The van der Waals surface area contributed by atoms with Crippen molar-refractivity contribution in [3.8, 4) is 6.19 Å². The Hall–Kier alpha value is -3.49. The van der Waals surface area contributed by atoms with Crippen molar-refractivity contribution in [2.45, 2.75) is 45.2 Å². The predicted octanol–water partition coefficient (Wildman–Crippen LogP) is 5.64. The zero-order valence-electron chi connectivity index (χ0n) is 19.9. The minimum atomic E-state index is -4.96. The number of aryl methyl sites for hydroxylation is 2. The van der Waals surface area contributed by atoms with E-state index in [0.717, 1.165) is 30.1 Å². The van der Waals surface area contributed by atoms with Crippen molar-refractivity contribution in [1.29, 1.82) is 5.26 Å². The highest BCUT2D eigenvalue weighted by atomic mass is 19.4. The monoisotopic (exact) mass is 510 g/mol. The number of anilines is 1. The topological polar surface area (TPSA) is 61.0 Å². The summed E-state index contributed by atoms with van der Waals surface area (Å²) in [6.07, 6.45) is -5.81. The molecule has 1 aromatic carbocycles. The summed E-state index contributed by atoms with van der Waals surface area (Å²) in [5.41, 5.74) is -1.26. The second-order valence-electron chi connectivity index (χ2n) is 9.23. The highest BCUT2D eigenvalue weighted by Crippen LogP contribution is 2.37. The molecule has 1 aliphatic carbocycles. The van der Waals surface area contributed by atoms with Crippen LogP contribution in [0.2, 0.25) is 0 Å². The van der Waals surface area contributed by atoms with Crippen LogP contribution < -0.4 is 4.90 Å². The van der Waals surface area contributed by atoms with Crippen molar-refractivity contribution in [2.75, 3.05) is 18.5 Å². The molecule has 1 aliphatic rings. The van der Waals surface area contributed by atoms with E-state index in [4.69, 9.17) is 4.98 Å². The zero-order chi connectivity index (χ0) is 26.4. The van der Waals surface area contributed by atoms with Gasteiger partial charge in [-0.3, -0.25) is 0 Å². The lowest BCUT2D eigenvalue weighted by Crippen LogP contribution is -2.25. The first-order valence-corrected chi connectivity index (χ1v) is 11.2. The molecule has 4 rings (SSSR count). The lowest BCUT2D eigenvalue weighted by Gasteiger charge is -2.24. The average Bonchev–Trinajstić information content (AvgIpc) is 3.55. The summed E-state index contributed by atoms with van der Waals surface area (Å²) in [6, 6.07) is 3.13. The third kappa shape index (κ3) is 5.50. The second kappa shape index (κ2) is 9.19. The number of hydrogen-bond acceptors (Lipinski definition) is 5. The Kier molecular flexibility index (Phi) is 6.53. The van der Waals surface area contributed by atoms with E-state index in [1.165, 1.54) is 0 Å². The molecule has 0 amide bonds. The number of alkyl halides is 6. The molecular formula is C24H24F6N6. The summed E-state index contributed by atoms with van der Waals surface area (Å²) in [4.78, 5) is 12.3. The van der Waals surface area contributed by atoms with Gasteiger partial charge in [-0.25, -0.2) is 9.97 Å². The van der Waals surface area contributed by atoms with E-state index in [1.54, 1.807) is 6.07 Å². The number of halogens is 6. The summed E-state index contributed by atoms with van der Waals surface area (Å²) in [5, 5.41) is 9.73. The molecule has 0 spiro atoms. The number of pyridine rings is 1. The first-order valence-electron chi connectivity index (χ1n) is 11.2. The van der Waals surface area contributed by atoms with Crippen molar-refractivity contribution >= 4 is 17.0 Å². The lowest BCUT2D eigenvalue weighted by atomic mass is 10.0. The molecule has 192 valence electrons. The maximum atomic E-state index is 13.3. The molecule has 0 radical (unpaired) electrons. The van der Waals surface area contributed by atoms with Crippen molar-refractivity contribution in [2.24, 2.45) is 13.0 Å². The third-order valence-corrected chi connectivity index (χ3v) is 6.24. The number of rotatable bonds is 7. The fourth-order valence-corrected chi connectivity index (χ4v) is 4.14. The van der Waals surface area contributed by atoms with E-state index in [-0.39, 0.29) is 18.2 Å². The van der Waals surface area contributed by atoms with Crippen LogP contribution in [0.3, 0.4) is 0 Å². The molecule has 36 heavy (non-hydrogen) atoms. The van der Waals surface area contributed by atoms with Crippen LogP contribution in [0.4, 0.5) is 32.2 Å². The van der Waals surface area contributed by atoms with Crippen LogP contribution in [-0.2, 0) is 32.5 Å². The number of aromatic nitrogens is 3. The predicted molar refractivity (Wildman–Crippen MR) is 121 cm³/mol. The molecule has 3 aromatic rings. The average molecular weight is 510 g/mol. The lowest BCUT2D eigenvalue weighted by molar-refractivity contribution is -0.143. The summed E-state index contributed by atoms with van der Waals surface area (Å²) < 4.78 is 81.4. The maximum absolute atomic E-state index is 13.3. The van der Waals surface area contributed by atoms with Crippen LogP contribution in [0.25, 0.3) is 11.2 Å². The molecule has 0 N–H and O–H groups in total. The van der Waals surface area contributed by atoms with Crippen molar-refractivity contribution < 1.29 is 26.3 Å². The van der Waals surface area contributed by atoms with Crippen LogP contribution in [-0.4, -0.2) is 33.0 Å². The van der Waals surface area contributed by atoms with Crippen molar-refractivity contribution in [3.05, 3.63) is 52.3 Å². The Morgan fingerprint density at radius 3 is 2.14 bits per heavy atom. The van der Waals surface area contributed by atoms with E-state index < -0.39 is 30.0 Å². The Balaban J connectivity index is 1.69. The van der Waals surface area contributed by atoms with Crippen LogP contribution in [0.15, 0.2) is 24.3 Å². The fraction of sp³-hybridized carbons (Fsp3) is 0.458. The maximum Gasteiger partial charge on any atom is 0.416 e. The smallest absolute Gasteiger partial charge is 0.359 e. The molecule has 0 saturated heterocycles. The van der Waals surface area contributed by atoms with E-state index in [2.05, 4.69) is 4.98 Å². The molecule has 0 aliphatic heterocycles. The molecule has 6 nitrogen and oxygen atoms in total. The normalized spacial score (nSPS) is 14.2. The van der Waals surface area contributed by atoms with Crippen LogP contribution in [0.1, 0.15) is 40.9 Å². The molecule has 0 unspecified atom stereocenters. The number of fused-ring (bicyclic) bond motifs is 1. The van der Waals surface area contributed by atoms with E-state index >= 15 is 0 Å². The fourth-order valence-electron chi connectivity index (χ4n) is 4.14. The van der Waals surface area contributed by atoms with Gasteiger partial charge in [-0.15, -0.1) is 0 Å². The van der Waals surface area contributed by atoms with Crippen molar-refractivity contribution in [1.82, 2.24) is 19.4 Å². The van der Waals surface area contributed by atoms with Gasteiger partial charge in [0.2, 0.25) is 0 Å². The zero-order valence-corrected chi connectivity index (χ0v) is 19.9. The molecule has 1 fully saturated rings. The van der Waals surface area contributed by atoms with E-state index in [1.807, 2.05) is 36.7 Å². The van der Waals surface area contributed by atoms with Gasteiger partial charge in [0.15, 0.2) is 11.8 Å². The molecule has 12 heteroatoms. The summed E-state index contributed by atoms with van der Waals surface area (Å²) in [7, 11) is 3.70. The van der Waals surface area contributed by atoms with Crippen LogP contribution in [0.5, 0.6) is 0 Å². The Bertz CT molecular complexity index is 1280. The summed E-state index contributed by atoms with van der Waals surface area (Å²) >= 11 is 0. The van der Waals surface area contributed by atoms with Gasteiger partial charge in [0.25, 0.3) is 0 Å². The molecular weight excluding hydrogens is 486 g/mol. The number of hydrogen-bond donors (Lipinski definition) is 0. The highest BCUT2D eigenvalue weighted by molar-refractivity contribution is 5.76. The largest absolute Gasteiger partial charge is 0.416 e. The van der Waals surface area contributed by atoms with E-state index in [0.29, 0.717) is 40.6 Å². The standard InChI is InChI=1S/C24H24F6N6/c1-14-32-20-8-17(21(33-22(20)35(14)3)34(2)10-15-4-5-15)12-36(13-31)11-16-6-18(23(25,26)27)9-19(7-16)24(28,29)30/h6-9,15H,4-5,10-12H2,1-3H3. The Labute approximate surface area is 203 Å². The van der Waals surface area contributed by atoms with Gasteiger partial charge in [0.05, 0.1) is 24.2 Å². The Morgan fingerprint density at radius 1 is 1.00 bits per heavy atom. The van der Waals surface area contributed by atoms with Gasteiger partial charge in [-0.1, -0.05) is 0 Å². The van der Waals surface area contributed by atoms with Gasteiger partial charge in [0.1, 0.15) is 17.2 Å². The number of benzene rings is 1. The van der Waals surface area contributed by atoms with Gasteiger partial charge >= 0.3 is 12.4 Å². The van der Waals surface area contributed by atoms with Gasteiger partial charge < -0.3 is 14.4 Å². The minimum absolute atomic E-state index is 0.0585. The van der Waals surface area contributed by atoms with Gasteiger partial charge in [0, 0.05) is 26.2 Å². The SMILES string of the molecule is Cc1nc2cc(CN(C#N)Cc3cc(C(F)(F)F)cc(C(F)(F)F)c3)c(N(C)CC3CC3)nc2n1C. The minimum Gasteiger partial charge on any atom is -0.359 e. The van der Waals surface area contributed by atoms with E-state index in [9.17, 15) is 31.6 Å². The quantitative estimate of drug-likeness (QED) is 0.234. The third-order valence-electron chi connectivity index (χ3n) is 6.24. The van der Waals surface area contributed by atoms with Gasteiger partial charge in [-0.05, 0) is 55.5 Å². The van der Waals surface area contributed by atoms with Crippen LogP contribution in [0, 0.1) is 24.3 Å². The number of nitriles is 1.